The van der Waals surface area contributed by atoms with E-state index in [1.165, 1.54) is 11.1 Å². The molecule has 0 fully saturated rings. The molecule has 0 unspecified atom stereocenters. The number of para-hydroxylation sites is 1. The van der Waals surface area contributed by atoms with Gasteiger partial charge in [0, 0.05) is 5.69 Å². The number of hydrogen-bond acceptors (Lipinski definition) is 2. The fourth-order valence-corrected chi connectivity index (χ4v) is 2.14. The molecule has 3 aromatic carbocycles. The zero-order valence-electron chi connectivity index (χ0n) is 14.4. The molecule has 2 heteroatoms. The fraction of sp³-hybridized carbons (Fsp3) is 0.182. The molecule has 0 atom stereocenters. The van der Waals surface area contributed by atoms with Crippen LogP contribution in [-0.4, -0.2) is 0 Å². The van der Waals surface area contributed by atoms with Gasteiger partial charge in [-0.15, -0.1) is 0 Å². The van der Waals surface area contributed by atoms with Gasteiger partial charge in [0.2, 0.25) is 0 Å². The maximum Gasteiger partial charge on any atom is 0.119 e. The predicted molar refractivity (Wildman–Crippen MR) is 102 cm³/mol. The summed E-state index contributed by atoms with van der Waals surface area (Å²) >= 11 is 0. The number of ether oxygens (including phenoxy) is 1. The van der Waals surface area contributed by atoms with Crippen LogP contribution in [-0.2, 0) is 6.61 Å². The van der Waals surface area contributed by atoms with Crippen molar-refractivity contribution in [2.45, 2.75) is 26.4 Å². The summed E-state index contributed by atoms with van der Waals surface area (Å²) in [7, 11) is 0. The van der Waals surface area contributed by atoms with Crippen LogP contribution in [0.1, 0.15) is 30.9 Å². The summed E-state index contributed by atoms with van der Waals surface area (Å²) in [5, 5.41) is 0. The van der Waals surface area contributed by atoms with Gasteiger partial charge in [0.15, 0.2) is 0 Å². The van der Waals surface area contributed by atoms with Crippen LogP contribution in [0.4, 0.5) is 5.69 Å². The van der Waals surface area contributed by atoms with Crippen LogP contribution in [0.15, 0.2) is 84.9 Å². The number of hydrogen-bond donors (Lipinski definition) is 1. The SMILES string of the molecule is CC(C)c1ccc(OCc2ccccc2)cc1.Nc1ccccc1. The molecule has 0 heterocycles. The minimum Gasteiger partial charge on any atom is -0.489 e. The largest absolute Gasteiger partial charge is 0.489 e. The molecule has 0 radical (unpaired) electrons. The normalized spacial score (nSPS) is 9.96. The smallest absolute Gasteiger partial charge is 0.119 e. The lowest BCUT2D eigenvalue weighted by molar-refractivity contribution is 0.306. The van der Waals surface area contributed by atoms with E-state index >= 15 is 0 Å². The number of rotatable bonds is 4. The molecule has 2 N–H and O–H groups in total. The van der Waals surface area contributed by atoms with E-state index in [9.17, 15) is 0 Å². The standard InChI is InChI=1S/C16H18O.C6H7N/c1-13(2)15-8-10-16(11-9-15)17-12-14-6-4-3-5-7-14;7-6-4-2-1-3-5-6/h3-11,13H,12H2,1-2H3;1-5H,7H2. The van der Waals surface area contributed by atoms with E-state index in [-0.39, 0.29) is 0 Å². The summed E-state index contributed by atoms with van der Waals surface area (Å²) in [4.78, 5) is 0. The number of nitrogens with two attached hydrogens (primary N) is 1. The van der Waals surface area contributed by atoms with Crippen LogP contribution in [0.5, 0.6) is 5.75 Å². The van der Waals surface area contributed by atoms with Gasteiger partial charge in [0.05, 0.1) is 0 Å². The average Bonchev–Trinajstić information content (AvgIpc) is 2.62. The third kappa shape index (κ3) is 6.17. The molecule has 3 rings (SSSR count). The van der Waals surface area contributed by atoms with Crippen molar-refractivity contribution in [3.8, 4) is 5.75 Å². The highest BCUT2D eigenvalue weighted by atomic mass is 16.5. The van der Waals surface area contributed by atoms with Crippen molar-refractivity contribution in [2.75, 3.05) is 5.73 Å². The van der Waals surface area contributed by atoms with E-state index in [0.29, 0.717) is 12.5 Å². The number of nitrogen functional groups attached to an aromatic ring is 1. The quantitative estimate of drug-likeness (QED) is 0.630. The lowest BCUT2D eigenvalue weighted by Gasteiger charge is -2.08. The monoisotopic (exact) mass is 319 g/mol. The summed E-state index contributed by atoms with van der Waals surface area (Å²) in [6.45, 7) is 5.02. The Bertz CT molecular complexity index is 691. The average molecular weight is 319 g/mol. The highest BCUT2D eigenvalue weighted by Crippen LogP contribution is 2.19. The maximum absolute atomic E-state index is 5.73. The van der Waals surface area contributed by atoms with Gasteiger partial charge in [-0.1, -0.05) is 74.5 Å². The topological polar surface area (TPSA) is 35.2 Å². The Morgan fingerprint density at radius 1 is 0.750 bits per heavy atom. The van der Waals surface area contributed by atoms with Crippen molar-refractivity contribution in [3.63, 3.8) is 0 Å². The molecule has 0 aliphatic rings. The Balaban J connectivity index is 0.000000249. The lowest BCUT2D eigenvalue weighted by atomic mass is 10.0. The second-order valence-corrected chi connectivity index (χ2v) is 5.91. The molecule has 24 heavy (non-hydrogen) atoms. The Morgan fingerprint density at radius 3 is 1.75 bits per heavy atom. The molecule has 0 bridgehead atoms. The van der Waals surface area contributed by atoms with Gasteiger partial charge in [0.1, 0.15) is 12.4 Å². The Morgan fingerprint density at radius 2 is 1.29 bits per heavy atom. The summed E-state index contributed by atoms with van der Waals surface area (Å²) in [6, 6.07) is 28.0. The fourth-order valence-electron chi connectivity index (χ4n) is 2.14. The Labute approximate surface area is 144 Å². The maximum atomic E-state index is 5.73. The van der Waals surface area contributed by atoms with Crippen LogP contribution < -0.4 is 10.5 Å². The molecule has 124 valence electrons. The van der Waals surface area contributed by atoms with Crippen LogP contribution in [0.2, 0.25) is 0 Å². The Kier molecular flexibility index (Phi) is 6.91. The van der Waals surface area contributed by atoms with Crippen molar-refractivity contribution >= 4 is 5.69 Å². The van der Waals surface area contributed by atoms with E-state index in [0.717, 1.165) is 11.4 Å². The van der Waals surface area contributed by atoms with Gasteiger partial charge in [0.25, 0.3) is 0 Å². The molecule has 0 aromatic heterocycles. The zero-order chi connectivity index (χ0) is 17.2. The first-order valence-electron chi connectivity index (χ1n) is 8.22. The molecule has 0 saturated heterocycles. The first-order valence-corrected chi connectivity index (χ1v) is 8.22. The van der Waals surface area contributed by atoms with E-state index in [2.05, 4.69) is 38.1 Å². The van der Waals surface area contributed by atoms with Crippen molar-refractivity contribution in [1.29, 1.82) is 0 Å². The highest BCUT2D eigenvalue weighted by molar-refractivity contribution is 5.35. The number of benzene rings is 3. The van der Waals surface area contributed by atoms with Gasteiger partial charge in [-0.2, -0.15) is 0 Å². The van der Waals surface area contributed by atoms with Crippen LogP contribution >= 0.6 is 0 Å². The summed E-state index contributed by atoms with van der Waals surface area (Å²) < 4.78 is 5.73. The summed E-state index contributed by atoms with van der Waals surface area (Å²) in [6.07, 6.45) is 0. The van der Waals surface area contributed by atoms with Crippen molar-refractivity contribution in [3.05, 3.63) is 96.1 Å². The number of anilines is 1. The van der Waals surface area contributed by atoms with E-state index in [1.54, 1.807) is 0 Å². The molecule has 2 nitrogen and oxygen atoms in total. The predicted octanol–water partition coefficient (Wildman–Crippen LogP) is 5.66. The molecular weight excluding hydrogens is 294 g/mol. The Hall–Kier alpha value is -2.74. The zero-order valence-corrected chi connectivity index (χ0v) is 14.4. The molecule has 3 aromatic rings. The molecule has 0 saturated carbocycles. The van der Waals surface area contributed by atoms with Gasteiger partial charge >= 0.3 is 0 Å². The minimum absolute atomic E-state index is 0.568. The first kappa shape index (κ1) is 17.6. The highest BCUT2D eigenvalue weighted by Gasteiger charge is 1.99. The second-order valence-electron chi connectivity index (χ2n) is 5.91. The summed E-state index contributed by atoms with van der Waals surface area (Å²) in [5.41, 5.74) is 8.72. The van der Waals surface area contributed by atoms with Gasteiger partial charge in [-0.3, -0.25) is 0 Å². The van der Waals surface area contributed by atoms with Crippen LogP contribution in [0.3, 0.4) is 0 Å². The molecule has 0 amide bonds. The van der Waals surface area contributed by atoms with Gasteiger partial charge < -0.3 is 10.5 Å². The van der Waals surface area contributed by atoms with E-state index in [1.807, 2.05) is 60.7 Å². The molecular formula is C22H25NO. The van der Waals surface area contributed by atoms with Crippen molar-refractivity contribution in [2.24, 2.45) is 0 Å². The van der Waals surface area contributed by atoms with Crippen LogP contribution in [0.25, 0.3) is 0 Å². The van der Waals surface area contributed by atoms with Crippen LogP contribution in [0, 0.1) is 0 Å². The van der Waals surface area contributed by atoms with E-state index in [4.69, 9.17) is 10.5 Å². The van der Waals surface area contributed by atoms with Gasteiger partial charge in [-0.25, -0.2) is 0 Å². The third-order valence-corrected chi connectivity index (χ3v) is 3.59. The molecule has 0 aliphatic carbocycles. The van der Waals surface area contributed by atoms with Gasteiger partial charge in [-0.05, 0) is 41.3 Å². The minimum atomic E-state index is 0.568. The third-order valence-electron chi connectivity index (χ3n) is 3.59. The van der Waals surface area contributed by atoms with Crippen molar-refractivity contribution in [1.82, 2.24) is 0 Å². The lowest BCUT2D eigenvalue weighted by Crippen LogP contribution is -1.95. The summed E-state index contributed by atoms with van der Waals surface area (Å²) in [5.74, 6) is 1.50. The van der Waals surface area contributed by atoms with E-state index < -0.39 is 0 Å². The molecule has 0 aliphatic heterocycles. The van der Waals surface area contributed by atoms with Crippen molar-refractivity contribution < 1.29 is 4.74 Å². The second kappa shape index (κ2) is 9.41. The molecule has 0 spiro atoms. The first-order chi connectivity index (χ1) is 11.6.